The van der Waals surface area contributed by atoms with Crippen molar-refractivity contribution in [1.82, 2.24) is 9.47 Å². The van der Waals surface area contributed by atoms with E-state index in [0.717, 1.165) is 40.7 Å². The summed E-state index contributed by atoms with van der Waals surface area (Å²) in [4.78, 5) is 26.2. The molecule has 0 spiro atoms. The molecule has 2 N–H and O–H groups in total. The molecule has 0 saturated heterocycles. The zero-order chi connectivity index (χ0) is 23.5. The lowest BCUT2D eigenvalue weighted by Gasteiger charge is -2.19. The number of fused-ring (bicyclic) bond motifs is 1. The Morgan fingerprint density at radius 3 is 2.27 bits per heavy atom. The number of likely N-dealkylation sites (N-methyl/N-ethyl adjacent to an activating group) is 1. The minimum absolute atomic E-state index is 0.0202. The molecule has 1 amide bonds. The Bertz CT molecular complexity index is 1150. The summed E-state index contributed by atoms with van der Waals surface area (Å²) in [5.41, 5.74) is 5.42. The molecule has 0 radical (unpaired) electrons. The fourth-order valence-corrected chi connectivity index (χ4v) is 5.04. The molecule has 3 aromatic rings. The first-order valence-electron chi connectivity index (χ1n) is 11.8. The van der Waals surface area contributed by atoms with Crippen molar-refractivity contribution >= 4 is 28.5 Å². The second kappa shape index (κ2) is 9.69. The molecule has 1 aliphatic carbocycles. The van der Waals surface area contributed by atoms with Crippen LogP contribution in [0.15, 0.2) is 42.5 Å². The van der Waals surface area contributed by atoms with E-state index >= 15 is 0 Å². The maximum atomic E-state index is 12.9. The third-order valence-corrected chi connectivity index (χ3v) is 6.85. The van der Waals surface area contributed by atoms with Gasteiger partial charge < -0.3 is 19.9 Å². The molecular weight excluding hydrogens is 414 g/mol. The van der Waals surface area contributed by atoms with Gasteiger partial charge in [0.15, 0.2) is 0 Å². The highest BCUT2D eigenvalue weighted by Gasteiger charge is 2.27. The standard InChI is InChI=1S/C27H33N3O3/c1-28-21-13-10-19(11-14-21)26-25(18-8-6-4-5-7-9-18)22-15-12-20(27(32)33)16-23(22)30(26)17-24(31)29(2)3/h10-16,18,28H,4-9,17H2,1-3H3,(H,32,33). The highest BCUT2D eigenvalue weighted by atomic mass is 16.4. The maximum absolute atomic E-state index is 12.9. The smallest absolute Gasteiger partial charge is 0.335 e. The molecule has 0 unspecified atom stereocenters. The van der Waals surface area contributed by atoms with Gasteiger partial charge in [-0.1, -0.05) is 43.9 Å². The molecule has 0 bridgehead atoms. The Kier molecular flexibility index (Phi) is 6.72. The Morgan fingerprint density at radius 1 is 1.03 bits per heavy atom. The first kappa shape index (κ1) is 22.9. The molecule has 1 fully saturated rings. The lowest BCUT2D eigenvalue weighted by atomic mass is 9.87. The summed E-state index contributed by atoms with van der Waals surface area (Å²) < 4.78 is 2.04. The average molecular weight is 448 g/mol. The number of carbonyl (C=O) groups is 2. The third-order valence-electron chi connectivity index (χ3n) is 6.85. The summed E-state index contributed by atoms with van der Waals surface area (Å²) >= 11 is 0. The summed E-state index contributed by atoms with van der Waals surface area (Å²) in [7, 11) is 5.40. The van der Waals surface area contributed by atoms with E-state index in [4.69, 9.17) is 0 Å². The molecular formula is C27H33N3O3. The van der Waals surface area contributed by atoms with E-state index < -0.39 is 5.97 Å². The van der Waals surface area contributed by atoms with E-state index in [0.29, 0.717) is 5.92 Å². The van der Waals surface area contributed by atoms with Gasteiger partial charge in [0.1, 0.15) is 6.54 Å². The number of benzene rings is 2. The fraction of sp³-hybridized carbons (Fsp3) is 0.407. The molecule has 1 saturated carbocycles. The summed E-state index contributed by atoms with van der Waals surface area (Å²) in [6, 6.07) is 13.6. The van der Waals surface area contributed by atoms with Crippen molar-refractivity contribution < 1.29 is 14.7 Å². The number of amides is 1. The van der Waals surface area contributed by atoms with Crippen LogP contribution in [0.25, 0.3) is 22.2 Å². The third kappa shape index (κ3) is 4.61. The van der Waals surface area contributed by atoms with Crippen LogP contribution in [-0.2, 0) is 11.3 Å². The number of aromatic carboxylic acids is 1. The fourth-order valence-electron chi connectivity index (χ4n) is 5.04. The van der Waals surface area contributed by atoms with Gasteiger partial charge in [-0.15, -0.1) is 0 Å². The number of nitrogens with zero attached hydrogens (tertiary/aromatic N) is 2. The number of hydrogen-bond acceptors (Lipinski definition) is 3. The van der Waals surface area contributed by atoms with Crippen molar-refractivity contribution in [3.63, 3.8) is 0 Å². The van der Waals surface area contributed by atoms with E-state index in [1.807, 2.05) is 29.8 Å². The van der Waals surface area contributed by atoms with Gasteiger partial charge in [-0.2, -0.15) is 0 Å². The second-order valence-corrected chi connectivity index (χ2v) is 9.19. The molecule has 33 heavy (non-hydrogen) atoms. The maximum Gasteiger partial charge on any atom is 0.335 e. The molecule has 6 nitrogen and oxygen atoms in total. The van der Waals surface area contributed by atoms with Crippen molar-refractivity contribution in [2.75, 3.05) is 26.5 Å². The first-order chi connectivity index (χ1) is 15.9. The van der Waals surface area contributed by atoms with Crippen molar-refractivity contribution in [3.05, 3.63) is 53.6 Å². The lowest BCUT2D eigenvalue weighted by molar-refractivity contribution is -0.129. The van der Waals surface area contributed by atoms with Crippen LogP contribution in [0.5, 0.6) is 0 Å². The van der Waals surface area contributed by atoms with Gasteiger partial charge in [-0.25, -0.2) is 4.79 Å². The van der Waals surface area contributed by atoms with Gasteiger partial charge in [-0.3, -0.25) is 4.79 Å². The van der Waals surface area contributed by atoms with Crippen LogP contribution in [-0.4, -0.2) is 47.6 Å². The van der Waals surface area contributed by atoms with Crippen LogP contribution in [0, 0.1) is 0 Å². The van der Waals surface area contributed by atoms with Crippen LogP contribution >= 0.6 is 0 Å². The minimum atomic E-state index is -0.959. The number of rotatable bonds is 6. The monoisotopic (exact) mass is 447 g/mol. The van der Waals surface area contributed by atoms with E-state index in [-0.39, 0.29) is 18.0 Å². The zero-order valence-electron chi connectivity index (χ0n) is 19.7. The van der Waals surface area contributed by atoms with Gasteiger partial charge in [0.2, 0.25) is 5.91 Å². The van der Waals surface area contributed by atoms with Gasteiger partial charge in [-0.05, 0) is 54.2 Å². The summed E-state index contributed by atoms with van der Waals surface area (Å²) in [5.74, 6) is -0.590. The first-order valence-corrected chi connectivity index (χ1v) is 11.8. The van der Waals surface area contributed by atoms with E-state index in [1.54, 1.807) is 31.1 Å². The molecule has 174 valence electrons. The van der Waals surface area contributed by atoms with Crippen molar-refractivity contribution in [1.29, 1.82) is 0 Å². The van der Waals surface area contributed by atoms with Crippen molar-refractivity contribution in [3.8, 4) is 11.3 Å². The Hall–Kier alpha value is -3.28. The van der Waals surface area contributed by atoms with Crippen LogP contribution in [0.4, 0.5) is 5.69 Å². The SMILES string of the molecule is CNc1ccc(-c2c(C3CCCCCC3)c3ccc(C(=O)O)cc3n2CC(=O)N(C)C)cc1. The van der Waals surface area contributed by atoms with Crippen LogP contribution in [0.3, 0.4) is 0 Å². The van der Waals surface area contributed by atoms with Crippen LogP contribution < -0.4 is 5.32 Å². The molecule has 2 aromatic carbocycles. The largest absolute Gasteiger partial charge is 0.478 e. The van der Waals surface area contributed by atoms with E-state index in [2.05, 4.69) is 17.4 Å². The number of carboxylic acids is 1. The molecule has 0 aliphatic heterocycles. The molecule has 6 heteroatoms. The predicted molar refractivity (Wildman–Crippen MR) is 133 cm³/mol. The number of hydrogen-bond donors (Lipinski definition) is 2. The zero-order valence-corrected chi connectivity index (χ0v) is 19.7. The normalized spacial score (nSPS) is 14.8. The summed E-state index contributed by atoms with van der Waals surface area (Å²) in [6.45, 7) is 0.169. The molecule has 0 atom stereocenters. The predicted octanol–water partition coefficient (Wildman–Crippen LogP) is 5.57. The van der Waals surface area contributed by atoms with Gasteiger partial charge in [0.25, 0.3) is 0 Å². The molecule has 4 rings (SSSR count). The van der Waals surface area contributed by atoms with Crippen LogP contribution in [0.1, 0.15) is 60.4 Å². The summed E-state index contributed by atoms with van der Waals surface area (Å²) in [6.07, 6.45) is 7.12. The number of anilines is 1. The van der Waals surface area contributed by atoms with Crippen molar-refractivity contribution in [2.45, 2.75) is 51.0 Å². The molecule has 1 heterocycles. The molecule has 1 aliphatic rings. The Balaban J connectivity index is 2.02. The highest BCUT2D eigenvalue weighted by molar-refractivity contribution is 5.99. The van der Waals surface area contributed by atoms with Gasteiger partial charge in [0.05, 0.1) is 16.8 Å². The lowest BCUT2D eigenvalue weighted by Crippen LogP contribution is -2.26. The average Bonchev–Trinajstić information content (AvgIpc) is 2.95. The second-order valence-electron chi connectivity index (χ2n) is 9.19. The van der Waals surface area contributed by atoms with Gasteiger partial charge in [0, 0.05) is 32.2 Å². The van der Waals surface area contributed by atoms with E-state index in [1.165, 1.54) is 31.2 Å². The Morgan fingerprint density at radius 2 is 1.70 bits per heavy atom. The topological polar surface area (TPSA) is 74.6 Å². The van der Waals surface area contributed by atoms with E-state index in [9.17, 15) is 14.7 Å². The Labute approximate surface area is 195 Å². The molecule has 1 aromatic heterocycles. The summed E-state index contributed by atoms with van der Waals surface area (Å²) in [5, 5.41) is 13.9. The van der Waals surface area contributed by atoms with Crippen molar-refractivity contribution in [2.24, 2.45) is 0 Å². The number of aromatic nitrogens is 1. The minimum Gasteiger partial charge on any atom is -0.478 e. The van der Waals surface area contributed by atoms with Crippen LogP contribution in [0.2, 0.25) is 0 Å². The number of nitrogens with one attached hydrogen (secondary N) is 1. The highest BCUT2D eigenvalue weighted by Crippen LogP contribution is 2.44. The number of carbonyl (C=O) groups excluding carboxylic acids is 1. The quantitative estimate of drug-likeness (QED) is 0.484. The van der Waals surface area contributed by atoms with Gasteiger partial charge >= 0.3 is 5.97 Å². The number of carboxylic acid groups (broad SMARTS) is 1.